The number of carbonyl (C=O) groups is 2. The summed E-state index contributed by atoms with van der Waals surface area (Å²) in [5.41, 5.74) is 1.88. The predicted octanol–water partition coefficient (Wildman–Crippen LogP) is 6.06. The number of carbonyl (C=O) groups excluding carboxylic acids is 2. The Morgan fingerprint density at radius 2 is 1.86 bits per heavy atom. The van der Waals surface area contributed by atoms with Gasteiger partial charge in [-0.2, -0.15) is 0 Å². The van der Waals surface area contributed by atoms with Gasteiger partial charge in [-0.1, -0.05) is 44.5 Å². The summed E-state index contributed by atoms with van der Waals surface area (Å²) in [6.45, 7) is 8.53. The molecule has 1 aliphatic heterocycles. The molecule has 180 valence electrons. The topological polar surface area (TPSA) is 79.7 Å². The van der Waals surface area contributed by atoms with Gasteiger partial charge >= 0.3 is 0 Å². The van der Waals surface area contributed by atoms with Crippen molar-refractivity contribution in [3.8, 4) is 5.75 Å². The number of hydrogen-bond acceptors (Lipinski definition) is 5. The van der Waals surface area contributed by atoms with Crippen molar-refractivity contribution in [2.24, 2.45) is 0 Å². The Bertz CT molecular complexity index is 1310. The molecule has 2 heterocycles. The highest BCUT2D eigenvalue weighted by Crippen LogP contribution is 2.43. The Balaban J connectivity index is 1.94. The molecule has 0 spiro atoms. The van der Waals surface area contributed by atoms with Gasteiger partial charge in [-0.3, -0.25) is 19.5 Å². The number of Topliss-reactive ketones (excluding diaryl/α,β-unsaturated/α-hetero) is 1. The molecule has 0 aliphatic carbocycles. The quantitative estimate of drug-likeness (QED) is 0.267. The number of anilines is 1. The van der Waals surface area contributed by atoms with Crippen LogP contribution < -0.4 is 9.64 Å². The number of aliphatic hydroxyl groups is 1. The number of aliphatic hydroxyl groups excluding tert-OH is 1. The maximum atomic E-state index is 13.3. The van der Waals surface area contributed by atoms with E-state index in [1.807, 2.05) is 33.8 Å². The van der Waals surface area contributed by atoms with Crippen LogP contribution in [0.5, 0.6) is 5.75 Å². The molecule has 35 heavy (non-hydrogen) atoms. The van der Waals surface area contributed by atoms with Crippen LogP contribution in [-0.2, 0) is 15.0 Å². The molecule has 1 N–H and O–H groups in total. The van der Waals surface area contributed by atoms with Gasteiger partial charge in [0, 0.05) is 28.0 Å². The summed E-state index contributed by atoms with van der Waals surface area (Å²) < 4.78 is 5.79. The number of benzene rings is 2. The number of pyridine rings is 1. The van der Waals surface area contributed by atoms with Crippen molar-refractivity contribution >= 4 is 34.7 Å². The van der Waals surface area contributed by atoms with Crippen molar-refractivity contribution < 1.29 is 19.4 Å². The van der Waals surface area contributed by atoms with Crippen LogP contribution in [0.2, 0.25) is 5.02 Å². The van der Waals surface area contributed by atoms with Crippen molar-refractivity contribution in [2.45, 2.75) is 39.2 Å². The van der Waals surface area contributed by atoms with Gasteiger partial charge in [-0.05, 0) is 60.9 Å². The average Bonchev–Trinajstić information content (AvgIpc) is 3.09. The van der Waals surface area contributed by atoms with Gasteiger partial charge in [0.25, 0.3) is 11.7 Å². The van der Waals surface area contributed by atoms with E-state index in [0.717, 1.165) is 5.56 Å². The van der Waals surface area contributed by atoms with E-state index in [0.29, 0.717) is 34.3 Å². The predicted molar refractivity (Wildman–Crippen MR) is 137 cm³/mol. The van der Waals surface area contributed by atoms with Crippen LogP contribution >= 0.6 is 11.6 Å². The molecule has 1 fully saturated rings. The van der Waals surface area contributed by atoms with Gasteiger partial charge in [0.1, 0.15) is 17.6 Å². The second-order valence-corrected chi connectivity index (χ2v) is 9.73. The lowest BCUT2D eigenvalue weighted by Gasteiger charge is -2.25. The number of hydrogen-bond donors (Lipinski definition) is 1. The third-order valence-electron chi connectivity index (χ3n) is 5.86. The van der Waals surface area contributed by atoms with Crippen molar-refractivity contribution in [3.63, 3.8) is 0 Å². The highest BCUT2D eigenvalue weighted by Gasteiger charge is 2.47. The monoisotopic (exact) mass is 490 g/mol. The van der Waals surface area contributed by atoms with E-state index in [-0.39, 0.29) is 16.7 Å². The number of rotatable bonds is 5. The van der Waals surface area contributed by atoms with E-state index in [1.165, 1.54) is 4.90 Å². The fourth-order valence-electron chi connectivity index (χ4n) is 4.24. The molecule has 1 amide bonds. The van der Waals surface area contributed by atoms with Gasteiger partial charge in [0.15, 0.2) is 0 Å². The summed E-state index contributed by atoms with van der Waals surface area (Å²) in [5.74, 6) is -1.11. The first-order valence-corrected chi connectivity index (χ1v) is 11.8. The Kier molecular flexibility index (Phi) is 6.68. The molecule has 3 aromatic rings. The average molecular weight is 491 g/mol. The Morgan fingerprint density at radius 3 is 2.49 bits per heavy atom. The fourth-order valence-corrected chi connectivity index (χ4v) is 4.43. The van der Waals surface area contributed by atoms with Crippen LogP contribution in [0, 0.1) is 0 Å². The molecule has 1 saturated heterocycles. The summed E-state index contributed by atoms with van der Waals surface area (Å²) in [5, 5.41) is 11.9. The Morgan fingerprint density at radius 1 is 1.09 bits per heavy atom. The summed E-state index contributed by atoms with van der Waals surface area (Å²) in [4.78, 5) is 32.3. The van der Waals surface area contributed by atoms with E-state index in [4.69, 9.17) is 16.3 Å². The number of nitrogens with zero attached hydrogens (tertiary/aromatic N) is 2. The zero-order chi connectivity index (χ0) is 25.3. The molecule has 1 unspecified atom stereocenters. The second kappa shape index (κ2) is 9.55. The molecule has 0 saturated carbocycles. The summed E-state index contributed by atoms with van der Waals surface area (Å²) in [6.07, 6.45) is 1.59. The minimum absolute atomic E-state index is 0.0299. The smallest absolute Gasteiger partial charge is 0.300 e. The summed E-state index contributed by atoms with van der Waals surface area (Å²) >= 11 is 6.18. The molecule has 7 heteroatoms. The zero-order valence-electron chi connectivity index (χ0n) is 20.1. The highest BCUT2D eigenvalue weighted by molar-refractivity contribution is 6.51. The first-order chi connectivity index (χ1) is 16.6. The molecular formula is C28H27ClN2O4. The van der Waals surface area contributed by atoms with E-state index in [1.54, 1.807) is 60.8 Å². The molecule has 0 bridgehead atoms. The lowest BCUT2D eigenvalue weighted by molar-refractivity contribution is -0.132. The van der Waals surface area contributed by atoms with Gasteiger partial charge in [0.05, 0.1) is 17.9 Å². The standard InChI is InChI=1S/C28H27ClN2O4/c1-5-35-22-13-12-17(15-20(22)28(2,3)4)25(32)23-24(21-11-6-7-14-30-21)31(27(34)26(23)33)19-10-8-9-18(29)16-19/h6-16,24,32H,5H2,1-4H3/b25-23-. The van der Waals surface area contributed by atoms with E-state index in [2.05, 4.69) is 4.98 Å². The van der Waals surface area contributed by atoms with Crippen LogP contribution in [0.25, 0.3) is 5.76 Å². The van der Waals surface area contributed by atoms with Gasteiger partial charge < -0.3 is 9.84 Å². The molecule has 2 aromatic carbocycles. The molecule has 1 aliphatic rings. The SMILES string of the molecule is CCOc1ccc(/C(O)=C2/C(=O)C(=O)N(c3cccc(Cl)c3)C2c2ccccn2)cc1C(C)(C)C. The van der Waals surface area contributed by atoms with Crippen molar-refractivity contribution in [1.29, 1.82) is 0 Å². The first kappa shape index (κ1) is 24.5. The maximum Gasteiger partial charge on any atom is 0.300 e. The first-order valence-electron chi connectivity index (χ1n) is 11.4. The largest absolute Gasteiger partial charge is 0.507 e. The summed E-state index contributed by atoms with van der Waals surface area (Å²) in [7, 11) is 0. The fraction of sp³-hybridized carbons (Fsp3) is 0.250. The van der Waals surface area contributed by atoms with Gasteiger partial charge in [-0.15, -0.1) is 0 Å². The minimum atomic E-state index is -0.917. The van der Waals surface area contributed by atoms with Crippen LogP contribution in [0.4, 0.5) is 5.69 Å². The molecule has 0 radical (unpaired) electrons. The zero-order valence-corrected chi connectivity index (χ0v) is 20.8. The Labute approximate surface area is 209 Å². The minimum Gasteiger partial charge on any atom is -0.507 e. The number of aromatic nitrogens is 1. The van der Waals surface area contributed by atoms with E-state index >= 15 is 0 Å². The molecule has 6 nitrogen and oxygen atoms in total. The second-order valence-electron chi connectivity index (χ2n) is 9.30. The van der Waals surface area contributed by atoms with E-state index in [9.17, 15) is 14.7 Å². The number of halogens is 1. The van der Waals surface area contributed by atoms with Crippen LogP contribution in [0.15, 0.2) is 72.4 Å². The van der Waals surface area contributed by atoms with Crippen LogP contribution in [0.1, 0.15) is 50.6 Å². The molecule has 4 rings (SSSR count). The van der Waals surface area contributed by atoms with Crippen LogP contribution in [-0.4, -0.2) is 28.4 Å². The van der Waals surface area contributed by atoms with Gasteiger partial charge in [0.2, 0.25) is 0 Å². The number of ketones is 1. The van der Waals surface area contributed by atoms with E-state index < -0.39 is 17.7 Å². The number of amides is 1. The lowest BCUT2D eigenvalue weighted by atomic mass is 9.84. The highest BCUT2D eigenvalue weighted by atomic mass is 35.5. The van der Waals surface area contributed by atoms with Crippen molar-refractivity contribution in [3.05, 3.63) is 94.3 Å². The lowest BCUT2D eigenvalue weighted by Crippen LogP contribution is -2.29. The van der Waals surface area contributed by atoms with Gasteiger partial charge in [-0.25, -0.2) is 0 Å². The summed E-state index contributed by atoms with van der Waals surface area (Å²) in [6, 6.07) is 16.3. The normalized spacial score (nSPS) is 17.6. The molecule has 1 atom stereocenters. The third kappa shape index (κ3) is 4.66. The maximum absolute atomic E-state index is 13.3. The number of ether oxygens (including phenoxy) is 1. The Hall–Kier alpha value is -3.64. The molecule has 1 aromatic heterocycles. The molecular weight excluding hydrogens is 464 g/mol. The van der Waals surface area contributed by atoms with Crippen LogP contribution in [0.3, 0.4) is 0 Å². The third-order valence-corrected chi connectivity index (χ3v) is 6.09. The van der Waals surface area contributed by atoms with Crippen molar-refractivity contribution in [1.82, 2.24) is 4.98 Å². The van der Waals surface area contributed by atoms with Crippen molar-refractivity contribution in [2.75, 3.05) is 11.5 Å².